The number of piperidine rings is 1. The molecule has 4 rings (SSSR count). The van der Waals surface area contributed by atoms with Crippen LogP contribution in [0.2, 0.25) is 0 Å². The highest BCUT2D eigenvalue weighted by Crippen LogP contribution is 2.28. The largest absolute Gasteiger partial charge is 0.496 e. The lowest BCUT2D eigenvalue weighted by atomic mass is 10.1. The highest BCUT2D eigenvalue weighted by Gasteiger charge is 2.15. The predicted octanol–water partition coefficient (Wildman–Crippen LogP) is 5.56. The number of pyridine rings is 1. The topological polar surface area (TPSA) is 54.5 Å². The van der Waals surface area contributed by atoms with Crippen LogP contribution in [0.5, 0.6) is 5.75 Å². The van der Waals surface area contributed by atoms with Gasteiger partial charge in [-0.05, 0) is 90.1 Å². The van der Waals surface area contributed by atoms with Crippen molar-refractivity contribution in [2.24, 2.45) is 0 Å². The second kappa shape index (κ2) is 8.41. The maximum Gasteiger partial charge on any atom is 0.255 e. The van der Waals surface area contributed by atoms with Crippen LogP contribution >= 0.6 is 15.9 Å². The lowest BCUT2D eigenvalue weighted by Crippen LogP contribution is -2.30. The van der Waals surface area contributed by atoms with E-state index in [1.165, 1.54) is 19.3 Å². The SMILES string of the molecule is COc1cc(C(=O)Nc2ccc3nc(N4CCCCC4)cc(C)c3c2)ccc1Br. The molecule has 0 aliphatic carbocycles. The third kappa shape index (κ3) is 4.22. The Morgan fingerprint density at radius 1 is 1.10 bits per heavy atom. The molecule has 0 saturated carbocycles. The van der Waals surface area contributed by atoms with Gasteiger partial charge in [0.2, 0.25) is 0 Å². The number of nitrogens with one attached hydrogen (secondary N) is 1. The van der Waals surface area contributed by atoms with Gasteiger partial charge in [0.15, 0.2) is 0 Å². The number of rotatable bonds is 4. The summed E-state index contributed by atoms with van der Waals surface area (Å²) >= 11 is 3.41. The minimum absolute atomic E-state index is 0.175. The molecule has 0 atom stereocenters. The fraction of sp³-hybridized carbons (Fsp3) is 0.304. The maximum atomic E-state index is 12.7. The number of aromatic nitrogens is 1. The van der Waals surface area contributed by atoms with E-state index in [0.717, 1.165) is 45.5 Å². The number of halogens is 1. The van der Waals surface area contributed by atoms with Crippen LogP contribution in [0, 0.1) is 6.92 Å². The van der Waals surface area contributed by atoms with Crippen molar-refractivity contribution in [3.05, 3.63) is 58.1 Å². The Kier molecular flexibility index (Phi) is 5.72. The first kappa shape index (κ1) is 19.7. The van der Waals surface area contributed by atoms with Crippen molar-refractivity contribution in [2.45, 2.75) is 26.2 Å². The van der Waals surface area contributed by atoms with E-state index in [1.54, 1.807) is 19.2 Å². The zero-order chi connectivity index (χ0) is 20.4. The fourth-order valence-electron chi connectivity index (χ4n) is 3.74. The van der Waals surface area contributed by atoms with Gasteiger partial charge in [0, 0.05) is 29.7 Å². The molecular formula is C23H24BrN3O2. The Morgan fingerprint density at radius 3 is 2.66 bits per heavy atom. The number of hydrogen-bond acceptors (Lipinski definition) is 4. The summed E-state index contributed by atoms with van der Waals surface area (Å²) in [7, 11) is 1.58. The average Bonchev–Trinajstić information content (AvgIpc) is 2.75. The van der Waals surface area contributed by atoms with Gasteiger partial charge in [-0.1, -0.05) is 0 Å². The van der Waals surface area contributed by atoms with Crippen LogP contribution < -0.4 is 15.0 Å². The number of fused-ring (bicyclic) bond motifs is 1. The quantitative estimate of drug-likeness (QED) is 0.561. The lowest BCUT2D eigenvalue weighted by molar-refractivity contribution is 0.102. The number of carbonyl (C=O) groups excluding carboxylic acids is 1. The summed E-state index contributed by atoms with van der Waals surface area (Å²) < 4.78 is 6.09. The van der Waals surface area contributed by atoms with Crippen LogP contribution in [0.3, 0.4) is 0 Å². The number of methoxy groups -OCH3 is 1. The molecule has 1 amide bonds. The predicted molar refractivity (Wildman–Crippen MR) is 121 cm³/mol. The molecule has 1 fully saturated rings. The van der Waals surface area contributed by atoms with Crippen molar-refractivity contribution in [1.29, 1.82) is 0 Å². The monoisotopic (exact) mass is 453 g/mol. The van der Waals surface area contributed by atoms with Gasteiger partial charge < -0.3 is 15.0 Å². The van der Waals surface area contributed by atoms with Gasteiger partial charge in [0.1, 0.15) is 11.6 Å². The minimum atomic E-state index is -0.175. The summed E-state index contributed by atoms with van der Waals surface area (Å²) in [5.74, 6) is 1.50. The van der Waals surface area contributed by atoms with Crippen molar-refractivity contribution in [3.8, 4) is 5.75 Å². The van der Waals surface area contributed by atoms with Crippen molar-refractivity contribution < 1.29 is 9.53 Å². The zero-order valence-electron chi connectivity index (χ0n) is 16.7. The first-order valence-electron chi connectivity index (χ1n) is 9.86. The van der Waals surface area contributed by atoms with Crippen LogP contribution in [0.1, 0.15) is 35.2 Å². The van der Waals surface area contributed by atoms with Crippen LogP contribution in [-0.4, -0.2) is 31.1 Å². The van der Waals surface area contributed by atoms with E-state index in [0.29, 0.717) is 11.3 Å². The lowest BCUT2D eigenvalue weighted by Gasteiger charge is -2.28. The number of benzene rings is 2. The summed E-state index contributed by atoms with van der Waals surface area (Å²) in [6, 6.07) is 13.3. The summed E-state index contributed by atoms with van der Waals surface area (Å²) in [5.41, 5.74) is 3.41. The second-order valence-electron chi connectivity index (χ2n) is 7.38. The molecule has 1 aliphatic rings. The first-order chi connectivity index (χ1) is 14.0. The Morgan fingerprint density at radius 2 is 1.90 bits per heavy atom. The number of carbonyl (C=O) groups is 1. The zero-order valence-corrected chi connectivity index (χ0v) is 18.3. The third-order valence-electron chi connectivity index (χ3n) is 5.35. The average molecular weight is 454 g/mol. The molecule has 1 aromatic heterocycles. The van der Waals surface area contributed by atoms with Crippen molar-refractivity contribution in [1.82, 2.24) is 4.98 Å². The first-order valence-corrected chi connectivity index (χ1v) is 10.7. The van der Waals surface area contributed by atoms with Crippen LogP contribution in [0.4, 0.5) is 11.5 Å². The van der Waals surface area contributed by atoms with Crippen LogP contribution in [0.15, 0.2) is 46.9 Å². The van der Waals surface area contributed by atoms with E-state index in [9.17, 15) is 4.79 Å². The van der Waals surface area contributed by atoms with Crippen molar-refractivity contribution in [2.75, 3.05) is 30.4 Å². The summed E-state index contributed by atoms with van der Waals surface area (Å²) in [5, 5.41) is 4.03. The Balaban J connectivity index is 1.58. The Labute approximate surface area is 179 Å². The van der Waals surface area contributed by atoms with E-state index in [-0.39, 0.29) is 5.91 Å². The molecule has 150 valence electrons. The van der Waals surface area contributed by atoms with Gasteiger partial charge in [-0.15, -0.1) is 0 Å². The molecule has 5 nitrogen and oxygen atoms in total. The molecular weight excluding hydrogens is 430 g/mol. The number of nitrogens with zero attached hydrogens (tertiary/aromatic N) is 2. The molecule has 1 N–H and O–H groups in total. The number of aryl methyl sites for hydroxylation is 1. The molecule has 3 aromatic rings. The van der Waals surface area contributed by atoms with Crippen molar-refractivity contribution in [3.63, 3.8) is 0 Å². The number of ether oxygens (including phenoxy) is 1. The highest BCUT2D eigenvalue weighted by atomic mass is 79.9. The van der Waals surface area contributed by atoms with E-state index < -0.39 is 0 Å². The van der Waals surface area contributed by atoms with Gasteiger partial charge in [-0.2, -0.15) is 0 Å². The van der Waals surface area contributed by atoms with Gasteiger partial charge in [0.25, 0.3) is 5.91 Å². The summed E-state index contributed by atoms with van der Waals surface area (Å²) in [6.07, 6.45) is 3.76. The van der Waals surface area contributed by atoms with E-state index in [1.807, 2.05) is 24.3 Å². The molecule has 2 aromatic carbocycles. The van der Waals surface area contributed by atoms with Crippen LogP contribution in [0.25, 0.3) is 10.9 Å². The van der Waals surface area contributed by atoms with Crippen LogP contribution in [-0.2, 0) is 0 Å². The highest BCUT2D eigenvalue weighted by molar-refractivity contribution is 9.10. The van der Waals surface area contributed by atoms with Gasteiger partial charge in [-0.25, -0.2) is 4.98 Å². The van der Waals surface area contributed by atoms with Crippen molar-refractivity contribution >= 4 is 44.2 Å². The Bertz CT molecular complexity index is 1060. The summed E-state index contributed by atoms with van der Waals surface area (Å²) in [4.78, 5) is 19.9. The number of amides is 1. The van der Waals surface area contributed by atoms with Gasteiger partial charge >= 0.3 is 0 Å². The minimum Gasteiger partial charge on any atom is -0.496 e. The fourth-order valence-corrected chi connectivity index (χ4v) is 4.15. The molecule has 6 heteroatoms. The molecule has 0 radical (unpaired) electrons. The number of hydrogen-bond donors (Lipinski definition) is 1. The van der Waals surface area contributed by atoms with E-state index >= 15 is 0 Å². The third-order valence-corrected chi connectivity index (χ3v) is 6.01. The van der Waals surface area contributed by atoms with Gasteiger partial charge in [-0.3, -0.25) is 4.79 Å². The van der Waals surface area contributed by atoms with E-state index in [2.05, 4.69) is 39.1 Å². The second-order valence-corrected chi connectivity index (χ2v) is 8.23. The molecule has 1 aliphatic heterocycles. The number of anilines is 2. The molecule has 0 bridgehead atoms. The molecule has 29 heavy (non-hydrogen) atoms. The standard InChI is InChI=1S/C23H24BrN3O2/c1-15-12-22(27-10-4-3-5-11-27)26-20-9-7-17(14-18(15)20)25-23(28)16-6-8-19(24)21(13-16)29-2/h6-9,12-14H,3-5,10-11H2,1-2H3,(H,25,28). The Hall–Kier alpha value is -2.60. The molecule has 0 unspecified atom stereocenters. The maximum absolute atomic E-state index is 12.7. The van der Waals surface area contributed by atoms with E-state index in [4.69, 9.17) is 9.72 Å². The summed E-state index contributed by atoms with van der Waals surface area (Å²) in [6.45, 7) is 4.24. The smallest absolute Gasteiger partial charge is 0.255 e. The molecule has 1 saturated heterocycles. The normalized spacial score (nSPS) is 14.1. The van der Waals surface area contributed by atoms with Gasteiger partial charge in [0.05, 0.1) is 17.1 Å². The molecule has 2 heterocycles. The molecule has 0 spiro atoms.